The van der Waals surface area contributed by atoms with Gasteiger partial charge in [0.15, 0.2) is 0 Å². The zero-order chi connectivity index (χ0) is 16.6. The van der Waals surface area contributed by atoms with E-state index in [4.69, 9.17) is 0 Å². The number of likely N-dealkylation sites (tertiary alicyclic amines) is 1. The first kappa shape index (κ1) is 15.9. The van der Waals surface area contributed by atoms with Gasteiger partial charge in [-0.2, -0.15) is 0 Å². The molecule has 1 aliphatic carbocycles. The molecule has 0 radical (unpaired) electrons. The lowest BCUT2D eigenvalue weighted by Crippen LogP contribution is -2.38. The van der Waals surface area contributed by atoms with E-state index in [1.54, 1.807) is 12.1 Å². The van der Waals surface area contributed by atoms with Gasteiger partial charge in [0.25, 0.3) is 0 Å². The minimum absolute atomic E-state index is 0.226. The minimum atomic E-state index is -0.367. The number of benzene rings is 1. The maximum atomic E-state index is 12.3. The Morgan fingerprint density at radius 1 is 1.22 bits per heavy atom. The van der Waals surface area contributed by atoms with E-state index in [1.807, 2.05) is 25.1 Å². The number of carbonyl (C=O) groups excluding carboxylic acids is 3. The molecule has 1 fully saturated rings. The molecule has 1 aliphatic heterocycles. The predicted molar refractivity (Wildman–Crippen MR) is 89.6 cm³/mol. The number of amides is 3. The molecule has 0 saturated carbocycles. The number of rotatable bonds is 3. The summed E-state index contributed by atoms with van der Waals surface area (Å²) in [5.74, 6) is -1.43. The van der Waals surface area contributed by atoms with E-state index >= 15 is 0 Å². The molecule has 0 aromatic heterocycles. The van der Waals surface area contributed by atoms with E-state index in [0.717, 1.165) is 14.9 Å². The number of allylic oxidation sites excluding steroid dienone is 2. The molecule has 2 aliphatic rings. The number of halogens is 1. The summed E-state index contributed by atoms with van der Waals surface area (Å²) in [6.45, 7) is 1.73. The summed E-state index contributed by atoms with van der Waals surface area (Å²) in [5, 5.41) is 2.73. The van der Waals surface area contributed by atoms with Crippen LogP contribution in [0.1, 0.15) is 18.4 Å². The van der Waals surface area contributed by atoms with Crippen LogP contribution in [0.15, 0.2) is 34.8 Å². The maximum Gasteiger partial charge on any atom is 0.244 e. The van der Waals surface area contributed by atoms with E-state index in [1.165, 1.54) is 0 Å². The highest BCUT2D eigenvalue weighted by atomic mass is 79.9. The Hall–Kier alpha value is -1.95. The molecular formula is C17H17BrN2O3. The molecule has 23 heavy (non-hydrogen) atoms. The van der Waals surface area contributed by atoms with Gasteiger partial charge in [-0.1, -0.05) is 34.1 Å². The van der Waals surface area contributed by atoms with Crippen molar-refractivity contribution in [3.8, 4) is 0 Å². The van der Waals surface area contributed by atoms with Crippen LogP contribution in [-0.2, 0) is 14.4 Å². The Kier molecular flexibility index (Phi) is 4.35. The Labute approximate surface area is 142 Å². The van der Waals surface area contributed by atoms with Crippen LogP contribution in [0, 0.1) is 18.8 Å². The summed E-state index contributed by atoms with van der Waals surface area (Å²) in [5.41, 5.74) is 1.69. The second-order valence-corrected chi connectivity index (χ2v) is 6.78. The van der Waals surface area contributed by atoms with Gasteiger partial charge in [-0.15, -0.1) is 0 Å². The SMILES string of the molecule is Cc1ccc(NC(=O)CN2C(=O)[C@@H]3CC=CC[C@H]3C2=O)cc1Br. The van der Waals surface area contributed by atoms with Gasteiger partial charge < -0.3 is 5.32 Å². The van der Waals surface area contributed by atoms with E-state index in [2.05, 4.69) is 21.2 Å². The average molecular weight is 377 g/mol. The van der Waals surface area contributed by atoms with Crippen molar-refractivity contribution in [2.24, 2.45) is 11.8 Å². The lowest BCUT2D eigenvalue weighted by molar-refractivity contribution is -0.142. The molecule has 1 aromatic rings. The molecule has 120 valence electrons. The number of nitrogens with zero attached hydrogens (tertiary/aromatic N) is 1. The molecule has 3 rings (SSSR count). The van der Waals surface area contributed by atoms with Gasteiger partial charge in [0, 0.05) is 10.2 Å². The van der Waals surface area contributed by atoms with Gasteiger partial charge in [-0.05, 0) is 37.5 Å². The summed E-state index contributed by atoms with van der Waals surface area (Å²) in [7, 11) is 0. The van der Waals surface area contributed by atoms with Gasteiger partial charge in [-0.3, -0.25) is 19.3 Å². The summed E-state index contributed by atoms with van der Waals surface area (Å²) in [6.07, 6.45) is 5.02. The van der Waals surface area contributed by atoms with Crippen LogP contribution in [0.4, 0.5) is 5.69 Å². The van der Waals surface area contributed by atoms with E-state index in [0.29, 0.717) is 18.5 Å². The third-order valence-electron chi connectivity index (χ3n) is 4.36. The van der Waals surface area contributed by atoms with Gasteiger partial charge in [0.2, 0.25) is 17.7 Å². The Morgan fingerprint density at radius 3 is 2.39 bits per heavy atom. The van der Waals surface area contributed by atoms with Crippen molar-refractivity contribution in [2.45, 2.75) is 19.8 Å². The minimum Gasteiger partial charge on any atom is -0.324 e. The summed E-state index contributed by atoms with van der Waals surface area (Å²) in [6, 6.07) is 5.46. The van der Waals surface area contributed by atoms with Crippen molar-refractivity contribution in [3.63, 3.8) is 0 Å². The first-order valence-corrected chi connectivity index (χ1v) is 8.33. The third kappa shape index (κ3) is 3.08. The second kappa shape index (κ2) is 6.28. The van der Waals surface area contributed by atoms with Crippen LogP contribution in [0.2, 0.25) is 0 Å². The van der Waals surface area contributed by atoms with Crippen molar-refractivity contribution in [1.29, 1.82) is 0 Å². The highest BCUT2D eigenvalue weighted by Gasteiger charge is 2.47. The lowest BCUT2D eigenvalue weighted by Gasteiger charge is -2.14. The van der Waals surface area contributed by atoms with Gasteiger partial charge in [0.1, 0.15) is 6.54 Å². The molecule has 3 amide bonds. The molecule has 0 spiro atoms. The maximum absolute atomic E-state index is 12.3. The molecule has 1 aromatic carbocycles. The molecular weight excluding hydrogens is 360 g/mol. The number of imide groups is 1. The topological polar surface area (TPSA) is 66.5 Å². The van der Waals surface area contributed by atoms with E-state index in [-0.39, 0.29) is 36.1 Å². The zero-order valence-corrected chi connectivity index (χ0v) is 14.3. The summed E-state index contributed by atoms with van der Waals surface area (Å²) < 4.78 is 0.890. The third-order valence-corrected chi connectivity index (χ3v) is 5.21. The van der Waals surface area contributed by atoms with Crippen LogP contribution < -0.4 is 5.32 Å². The number of aryl methyl sites for hydroxylation is 1. The fraction of sp³-hybridized carbons (Fsp3) is 0.353. The molecule has 1 saturated heterocycles. The summed E-state index contributed by atoms with van der Waals surface area (Å²) in [4.78, 5) is 37.9. The molecule has 6 heteroatoms. The smallest absolute Gasteiger partial charge is 0.244 e. The zero-order valence-electron chi connectivity index (χ0n) is 12.7. The number of nitrogens with one attached hydrogen (secondary N) is 1. The van der Waals surface area contributed by atoms with Crippen molar-refractivity contribution in [3.05, 3.63) is 40.4 Å². The van der Waals surface area contributed by atoms with Crippen molar-refractivity contribution < 1.29 is 14.4 Å². The van der Waals surface area contributed by atoms with Crippen LogP contribution in [0.5, 0.6) is 0 Å². The Morgan fingerprint density at radius 2 is 1.83 bits per heavy atom. The molecule has 2 atom stereocenters. The van der Waals surface area contributed by atoms with E-state index in [9.17, 15) is 14.4 Å². The lowest BCUT2D eigenvalue weighted by atomic mass is 9.85. The van der Waals surface area contributed by atoms with Crippen LogP contribution in [-0.4, -0.2) is 29.2 Å². The van der Waals surface area contributed by atoms with Crippen molar-refractivity contribution in [1.82, 2.24) is 4.90 Å². The molecule has 0 bridgehead atoms. The van der Waals surface area contributed by atoms with Crippen LogP contribution >= 0.6 is 15.9 Å². The summed E-state index contributed by atoms with van der Waals surface area (Å²) >= 11 is 3.41. The number of hydrogen-bond acceptors (Lipinski definition) is 3. The van der Waals surface area contributed by atoms with Crippen LogP contribution in [0.3, 0.4) is 0 Å². The van der Waals surface area contributed by atoms with E-state index < -0.39 is 0 Å². The molecule has 0 unspecified atom stereocenters. The molecule has 1 N–H and O–H groups in total. The second-order valence-electron chi connectivity index (χ2n) is 5.93. The number of hydrogen-bond donors (Lipinski definition) is 1. The van der Waals surface area contributed by atoms with Crippen molar-refractivity contribution in [2.75, 3.05) is 11.9 Å². The van der Waals surface area contributed by atoms with Gasteiger partial charge in [-0.25, -0.2) is 0 Å². The quantitative estimate of drug-likeness (QED) is 0.651. The van der Waals surface area contributed by atoms with Gasteiger partial charge >= 0.3 is 0 Å². The molecule has 1 heterocycles. The van der Waals surface area contributed by atoms with Gasteiger partial charge in [0.05, 0.1) is 11.8 Å². The normalized spacial score (nSPS) is 23.1. The Bertz CT molecular complexity index is 688. The Balaban J connectivity index is 1.67. The standard InChI is InChI=1S/C17H17BrN2O3/c1-10-6-7-11(8-14(10)18)19-15(21)9-20-16(22)12-4-2-3-5-13(12)17(20)23/h2-3,6-8,12-13H,4-5,9H2,1H3,(H,19,21)/t12-,13-/m1/s1. The largest absolute Gasteiger partial charge is 0.324 e. The monoisotopic (exact) mass is 376 g/mol. The highest BCUT2D eigenvalue weighted by Crippen LogP contribution is 2.34. The first-order valence-electron chi connectivity index (χ1n) is 7.53. The van der Waals surface area contributed by atoms with Crippen LogP contribution in [0.25, 0.3) is 0 Å². The fourth-order valence-corrected chi connectivity index (χ4v) is 3.42. The molecule has 5 nitrogen and oxygen atoms in total. The first-order chi connectivity index (χ1) is 11.0. The number of fused-ring (bicyclic) bond motifs is 1. The number of anilines is 1. The highest BCUT2D eigenvalue weighted by molar-refractivity contribution is 9.10. The average Bonchev–Trinajstić information content (AvgIpc) is 2.76. The fourth-order valence-electron chi connectivity index (χ4n) is 3.04. The number of carbonyl (C=O) groups is 3. The predicted octanol–water partition coefficient (Wildman–Crippen LogP) is 2.65. The van der Waals surface area contributed by atoms with Crippen molar-refractivity contribution >= 4 is 39.3 Å².